The number of piperazine rings is 1. The first-order valence-corrected chi connectivity index (χ1v) is 10.3. The minimum Gasteiger partial charge on any atom is -0.368 e. The van der Waals surface area contributed by atoms with Crippen LogP contribution in [0.4, 0.5) is 11.4 Å². The van der Waals surface area contributed by atoms with Crippen LogP contribution in [0.25, 0.3) is 0 Å². The van der Waals surface area contributed by atoms with E-state index in [-0.39, 0.29) is 16.5 Å². The number of anilines is 1. The molecular formula is C16H25N5O5S. The Balaban J connectivity index is 2.12. The number of carbonyl (C=O) groups excluding carboxylic acids is 1. The molecule has 0 unspecified atom stereocenters. The van der Waals surface area contributed by atoms with E-state index in [2.05, 4.69) is 0 Å². The van der Waals surface area contributed by atoms with Gasteiger partial charge in [0.05, 0.1) is 17.2 Å². The molecule has 1 aliphatic heterocycles. The Morgan fingerprint density at radius 2 is 1.81 bits per heavy atom. The van der Waals surface area contributed by atoms with Crippen LogP contribution in [0, 0.1) is 10.1 Å². The number of nitro benzene ring substituents is 1. The minimum atomic E-state index is -4.11. The number of non-ortho nitro benzene ring substituents is 1. The predicted molar refractivity (Wildman–Crippen MR) is 101 cm³/mol. The molecule has 1 heterocycles. The smallest absolute Gasteiger partial charge is 0.270 e. The Hall–Kier alpha value is -2.24. The molecule has 1 aromatic rings. The number of primary sulfonamides is 1. The zero-order valence-corrected chi connectivity index (χ0v) is 16.3. The normalized spacial score (nSPS) is 15.6. The summed E-state index contributed by atoms with van der Waals surface area (Å²) in [5.41, 5.74) is 0.0176. The molecule has 0 aliphatic carbocycles. The molecule has 2 N–H and O–H groups in total. The minimum absolute atomic E-state index is 0.0639. The second kappa shape index (κ2) is 8.63. The van der Waals surface area contributed by atoms with Crippen LogP contribution in [-0.2, 0) is 14.8 Å². The molecule has 1 saturated heterocycles. The van der Waals surface area contributed by atoms with Crippen LogP contribution >= 0.6 is 0 Å². The summed E-state index contributed by atoms with van der Waals surface area (Å²) < 4.78 is 23.8. The van der Waals surface area contributed by atoms with Crippen molar-refractivity contribution >= 4 is 27.3 Å². The van der Waals surface area contributed by atoms with Crippen molar-refractivity contribution in [2.75, 3.05) is 50.7 Å². The number of nitro groups is 1. The van der Waals surface area contributed by atoms with Crippen LogP contribution in [0.5, 0.6) is 0 Å². The molecule has 0 atom stereocenters. The molecule has 1 amide bonds. The summed E-state index contributed by atoms with van der Waals surface area (Å²) in [7, 11) is -4.11. The van der Waals surface area contributed by atoms with Gasteiger partial charge in [-0.05, 0) is 19.9 Å². The molecule has 1 fully saturated rings. The molecule has 1 aromatic carbocycles. The van der Waals surface area contributed by atoms with Gasteiger partial charge >= 0.3 is 0 Å². The van der Waals surface area contributed by atoms with E-state index in [0.717, 1.165) is 6.07 Å². The predicted octanol–water partition coefficient (Wildman–Crippen LogP) is 0.233. The van der Waals surface area contributed by atoms with Crippen LogP contribution in [0.3, 0.4) is 0 Å². The van der Waals surface area contributed by atoms with Crippen LogP contribution in [0.2, 0.25) is 0 Å². The van der Waals surface area contributed by atoms with Gasteiger partial charge in [-0.3, -0.25) is 19.8 Å². The van der Waals surface area contributed by atoms with Crippen molar-refractivity contribution in [3.63, 3.8) is 0 Å². The van der Waals surface area contributed by atoms with Crippen molar-refractivity contribution in [3.05, 3.63) is 28.3 Å². The summed E-state index contributed by atoms with van der Waals surface area (Å²) in [6.07, 6.45) is 0. The molecule has 0 spiro atoms. The Morgan fingerprint density at radius 1 is 1.22 bits per heavy atom. The van der Waals surface area contributed by atoms with Crippen LogP contribution in [0.1, 0.15) is 13.8 Å². The fourth-order valence-corrected chi connectivity index (χ4v) is 3.89. The summed E-state index contributed by atoms with van der Waals surface area (Å²) in [5, 5.41) is 16.2. The van der Waals surface area contributed by atoms with Crippen molar-refractivity contribution in [3.8, 4) is 0 Å². The van der Waals surface area contributed by atoms with Crippen LogP contribution < -0.4 is 10.0 Å². The lowest BCUT2D eigenvalue weighted by molar-refractivity contribution is -0.385. The summed E-state index contributed by atoms with van der Waals surface area (Å²) in [6.45, 7) is 7.65. The number of hydrogen-bond acceptors (Lipinski definition) is 7. The number of carbonyl (C=O) groups is 1. The Kier molecular flexibility index (Phi) is 6.73. The average molecular weight is 399 g/mol. The van der Waals surface area contributed by atoms with Gasteiger partial charge in [-0.15, -0.1) is 0 Å². The van der Waals surface area contributed by atoms with E-state index in [0.29, 0.717) is 51.5 Å². The van der Waals surface area contributed by atoms with Gasteiger partial charge in [0.2, 0.25) is 15.9 Å². The first kappa shape index (κ1) is 21.1. The number of nitrogens with two attached hydrogens (primary N) is 1. The van der Waals surface area contributed by atoms with Gasteiger partial charge in [0.25, 0.3) is 5.69 Å². The van der Waals surface area contributed by atoms with Gasteiger partial charge in [-0.1, -0.05) is 0 Å². The molecule has 1 aliphatic rings. The standard InChI is InChI=1S/C16H25N5O5S/c1-3-19(4-2)16(22)12-18-7-9-20(10-8-18)14-6-5-13(21(23)24)11-15(14)27(17,25)26/h5-6,11H,3-4,7-10,12H2,1-2H3,(H2,17,25,26). The zero-order valence-electron chi connectivity index (χ0n) is 15.5. The SMILES string of the molecule is CCN(CC)C(=O)CN1CCN(c2ccc([N+](=O)[O-])cc2S(N)(=O)=O)CC1. The van der Waals surface area contributed by atoms with Gasteiger partial charge in [0, 0.05) is 51.4 Å². The van der Waals surface area contributed by atoms with Crippen LogP contribution in [-0.4, -0.2) is 74.9 Å². The number of sulfonamides is 1. The number of rotatable bonds is 7. The van der Waals surface area contributed by atoms with E-state index in [1.165, 1.54) is 12.1 Å². The Bertz CT molecular complexity index is 801. The summed E-state index contributed by atoms with van der Waals surface area (Å²) in [6, 6.07) is 3.66. The van der Waals surface area contributed by atoms with Crippen molar-refractivity contribution < 1.29 is 18.1 Å². The Labute approximate surface area is 158 Å². The molecule has 2 rings (SSSR count). The van der Waals surface area contributed by atoms with E-state index >= 15 is 0 Å². The van der Waals surface area contributed by atoms with E-state index < -0.39 is 14.9 Å². The first-order chi connectivity index (χ1) is 12.7. The lowest BCUT2D eigenvalue weighted by Crippen LogP contribution is -2.50. The molecule has 0 bridgehead atoms. The van der Waals surface area contributed by atoms with Crippen molar-refractivity contribution in [2.24, 2.45) is 5.14 Å². The number of hydrogen-bond donors (Lipinski definition) is 1. The van der Waals surface area contributed by atoms with Gasteiger partial charge in [-0.2, -0.15) is 0 Å². The fraction of sp³-hybridized carbons (Fsp3) is 0.562. The molecule has 10 nitrogen and oxygen atoms in total. The van der Waals surface area contributed by atoms with Gasteiger partial charge < -0.3 is 9.80 Å². The Morgan fingerprint density at radius 3 is 2.30 bits per heavy atom. The highest BCUT2D eigenvalue weighted by atomic mass is 32.2. The van der Waals surface area contributed by atoms with Gasteiger partial charge in [0.15, 0.2) is 0 Å². The third kappa shape index (κ3) is 5.15. The summed E-state index contributed by atoms with van der Waals surface area (Å²) in [5.74, 6) is 0.0639. The number of likely N-dealkylation sites (N-methyl/N-ethyl adjacent to an activating group) is 1. The van der Waals surface area contributed by atoms with Crippen molar-refractivity contribution in [2.45, 2.75) is 18.7 Å². The lowest BCUT2D eigenvalue weighted by atomic mass is 10.2. The fourth-order valence-electron chi connectivity index (χ4n) is 3.12. The summed E-state index contributed by atoms with van der Waals surface area (Å²) >= 11 is 0. The average Bonchev–Trinajstić information content (AvgIpc) is 2.62. The molecular weight excluding hydrogens is 374 g/mol. The highest BCUT2D eigenvalue weighted by Crippen LogP contribution is 2.29. The molecule has 0 saturated carbocycles. The van der Waals surface area contributed by atoms with E-state index in [4.69, 9.17) is 5.14 Å². The van der Waals surface area contributed by atoms with E-state index in [1.807, 2.05) is 23.6 Å². The topological polar surface area (TPSA) is 130 Å². The maximum atomic E-state index is 12.2. The molecule has 11 heteroatoms. The third-order valence-electron chi connectivity index (χ3n) is 4.65. The van der Waals surface area contributed by atoms with E-state index in [1.54, 1.807) is 4.90 Å². The largest absolute Gasteiger partial charge is 0.368 e. The third-order valence-corrected chi connectivity index (χ3v) is 5.59. The monoisotopic (exact) mass is 399 g/mol. The molecule has 0 aromatic heterocycles. The maximum Gasteiger partial charge on any atom is 0.270 e. The number of amides is 1. The highest BCUT2D eigenvalue weighted by Gasteiger charge is 2.26. The highest BCUT2D eigenvalue weighted by molar-refractivity contribution is 7.89. The van der Waals surface area contributed by atoms with Gasteiger partial charge in [-0.25, -0.2) is 13.6 Å². The maximum absolute atomic E-state index is 12.2. The lowest BCUT2D eigenvalue weighted by Gasteiger charge is -2.37. The van der Waals surface area contributed by atoms with Crippen LogP contribution in [0.15, 0.2) is 23.1 Å². The second-order valence-corrected chi connectivity index (χ2v) is 7.81. The molecule has 27 heavy (non-hydrogen) atoms. The van der Waals surface area contributed by atoms with Crippen molar-refractivity contribution in [1.29, 1.82) is 0 Å². The van der Waals surface area contributed by atoms with Gasteiger partial charge in [0.1, 0.15) is 4.90 Å². The zero-order chi connectivity index (χ0) is 20.2. The number of nitrogens with zero attached hydrogens (tertiary/aromatic N) is 4. The quantitative estimate of drug-likeness (QED) is 0.513. The second-order valence-electron chi connectivity index (χ2n) is 6.28. The molecule has 150 valence electrons. The number of benzene rings is 1. The van der Waals surface area contributed by atoms with E-state index in [9.17, 15) is 23.3 Å². The van der Waals surface area contributed by atoms with Crippen molar-refractivity contribution in [1.82, 2.24) is 9.80 Å². The first-order valence-electron chi connectivity index (χ1n) is 8.73. The summed E-state index contributed by atoms with van der Waals surface area (Å²) in [4.78, 5) is 27.8. The molecule has 0 radical (unpaired) electrons.